The van der Waals surface area contributed by atoms with E-state index in [1.54, 1.807) is 0 Å². The van der Waals surface area contributed by atoms with Gasteiger partial charge in [-0.3, -0.25) is 0 Å². The van der Waals surface area contributed by atoms with Gasteiger partial charge in [0.1, 0.15) is 0 Å². The number of nitrogens with one attached hydrogen (secondary N) is 2. The normalized spacial score (nSPS) is 22.2. The largest absolute Gasteiger partial charge is 0.490 e. The third kappa shape index (κ3) is 8.57. The molecule has 0 bridgehead atoms. The Hall–Kier alpha value is -1.51. The molecule has 6 nitrogen and oxygen atoms in total. The molecule has 0 spiro atoms. The zero-order chi connectivity index (χ0) is 15.8. The first-order valence-electron chi connectivity index (χ1n) is 6.26. The van der Waals surface area contributed by atoms with Gasteiger partial charge < -0.3 is 21.5 Å². The number of hydrogen-bond acceptors (Lipinski definition) is 3. The maximum Gasteiger partial charge on any atom is 0.490 e. The fourth-order valence-corrected chi connectivity index (χ4v) is 1.66. The van der Waals surface area contributed by atoms with Crippen molar-refractivity contribution in [2.24, 2.45) is 5.73 Å². The Morgan fingerprint density at radius 3 is 2.05 bits per heavy atom. The third-order valence-electron chi connectivity index (χ3n) is 2.69. The molecule has 1 rings (SSSR count). The molecule has 5 N–H and O–H groups in total. The highest BCUT2D eigenvalue weighted by Gasteiger charge is 2.38. The minimum absolute atomic E-state index is 0.0528. The molecule has 0 aromatic carbocycles. The van der Waals surface area contributed by atoms with Crippen molar-refractivity contribution in [3.63, 3.8) is 0 Å². The summed E-state index contributed by atoms with van der Waals surface area (Å²) in [7, 11) is 0. The summed E-state index contributed by atoms with van der Waals surface area (Å²) in [5.74, 6) is -2.76. The lowest BCUT2D eigenvalue weighted by Crippen LogP contribution is -2.45. The van der Waals surface area contributed by atoms with Crippen molar-refractivity contribution < 1.29 is 27.9 Å². The van der Waals surface area contributed by atoms with Crippen LogP contribution in [-0.4, -0.2) is 41.9 Å². The van der Waals surface area contributed by atoms with Crippen LogP contribution in [0.4, 0.5) is 18.0 Å². The van der Waals surface area contributed by atoms with Crippen LogP contribution in [0.1, 0.15) is 32.6 Å². The number of hydrogen-bond donors (Lipinski definition) is 4. The van der Waals surface area contributed by atoms with Crippen molar-refractivity contribution in [1.29, 1.82) is 0 Å². The molecule has 1 fully saturated rings. The summed E-state index contributed by atoms with van der Waals surface area (Å²) in [5.41, 5.74) is 5.76. The molecule has 0 atom stereocenters. The van der Waals surface area contributed by atoms with Crippen molar-refractivity contribution in [2.45, 2.75) is 50.9 Å². The quantitative estimate of drug-likeness (QED) is 0.615. The Morgan fingerprint density at radius 1 is 1.25 bits per heavy atom. The average Bonchev–Trinajstić information content (AvgIpc) is 2.32. The number of nitrogens with two attached hydrogens (primary N) is 1. The van der Waals surface area contributed by atoms with Gasteiger partial charge in [-0.05, 0) is 32.6 Å². The van der Waals surface area contributed by atoms with Gasteiger partial charge in [-0.1, -0.05) is 0 Å². The molecule has 0 unspecified atom stereocenters. The van der Waals surface area contributed by atoms with E-state index < -0.39 is 12.1 Å². The number of carbonyl (C=O) groups is 2. The number of urea groups is 1. The molecular formula is C11H20F3N3O3. The molecule has 118 valence electrons. The Morgan fingerprint density at radius 2 is 1.70 bits per heavy atom. The number of amides is 2. The smallest absolute Gasteiger partial charge is 0.475 e. The molecule has 0 heterocycles. The molecular weight excluding hydrogens is 279 g/mol. The lowest BCUT2D eigenvalue weighted by atomic mass is 9.92. The zero-order valence-electron chi connectivity index (χ0n) is 11.2. The average molecular weight is 299 g/mol. The first kappa shape index (κ1) is 18.5. The van der Waals surface area contributed by atoms with Crippen LogP contribution in [0.15, 0.2) is 0 Å². The molecule has 1 aliphatic carbocycles. The highest BCUT2D eigenvalue weighted by Crippen LogP contribution is 2.16. The minimum atomic E-state index is -5.08. The van der Waals surface area contributed by atoms with Crippen LogP contribution in [0.25, 0.3) is 0 Å². The van der Waals surface area contributed by atoms with Gasteiger partial charge in [0.05, 0.1) is 0 Å². The second-order valence-electron chi connectivity index (χ2n) is 4.42. The van der Waals surface area contributed by atoms with E-state index in [1.165, 1.54) is 0 Å². The first-order valence-corrected chi connectivity index (χ1v) is 6.26. The van der Waals surface area contributed by atoms with Crippen LogP contribution < -0.4 is 16.4 Å². The lowest BCUT2D eigenvalue weighted by Gasteiger charge is -2.26. The minimum Gasteiger partial charge on any atom is -0.475 e. The summed E-state index contributed by atoms with van der Waals surface area (Å²) in [5, 5.41) is 12.8. The Labute approximate surface area is 114 Å². The molecule has 1 aliphatic rings. The first-order chi connectivity index (χ1) is 9.16. The summed E-state index contributed by atoms with van der Waals surface area (Å²) in [6.45, 7) is 2.59. The van der Waals surface area contributed by atoms with E-state index in [1.807, 2.05) is 6.92 Å². The van der Waals surface area contributed by atoms with Crippen LogP contribution in [0.2, 0.25) is 0 Å². The van der Waals surface area contributed by atoms with Gasteiger partial charge in [-0.2, -0.15) is 13.2 Å². The SMILES string of the molecule is CCNC(=O)NC1CCC(N)CC1.O=C(O)C(F)(F)F. The van der Waals surface area contributed by atoms with Gasteiger partial charge in [0.15, 0.2) is 0 Å². The molecule has 20 heavy (non-hydrogen) atoms. The van der Waals surface area contributed by atoms with Crippen LogP contribution in [0.3, 0.4) is 0 Å². The van der Waals surface area contributed by atoms with Gasteiger partial charge in [-0.15, -0.1) is 0 Å². The van der Waals surface area contributed by atoms with Gasteiger partial charge >= 0.3 is 18.2 Å². The fraction of sp³-hybridized carbons (Fsp3) is 0.818. The predicted octanol–water partition coefficient (Wildman–Crippen LogP) is 1.21. The van der Waals surface area contributed by atoms with E-state index >= 15 is 0 Å². The molecule has 9 heteroatoms. The summed E-state index contributed by atoms with van der Waals surface area (Å²) >= 11 is 0. The monoisotopic (exact) mass is 299 g/mol. The maximum atomic E-state index is 11.1. The van der Waals surface area contributed by atoms with E-state index in [0.717, 1.165) is 25.7 Å². The maximum absolute atomic E-state index is 11.1. The predicted molar refractivity (Wildman–Crippen MR) is 66.1 cm³/mol. The zero-order valence-corrected chi connectivity index (χ0v) is 11.2. The Bertz CT molecular complexity index is 316. The van der Waals surface area contributed by atoms with E-state index in [0.29, 0.717) is 18.6 Å². The van der Waals surface area contributed by atoms with Gasteiger partial charge in [0, 0.05) is 18.6 Å². The number of carboxylic acids is 1. The molecule has 0 saturated heterocycles. The molecule has 0 radical (unpaired) electrons. The topological polar surface area (TPSA) is 104 Å². The number of halogens is 3. The van der Waals surface area contributed by atoms with Gasteiger partial charge in [0.25, 0.3) is 0 Å². The standard InChI is InChI=1S/C9H19N3O.C2HF3O2/c1-2-11-9(13)12-8-5-3-7(10)4-6-8;3-2(4,5)1(6)7/h7-8H,2-6,10H2,1H3,(H2,11,12,13);(H,6,7). The summed E-state index contributed by atoms with van der Waals surface area (Å²) in [4.78, 5) is 20.0. The number of carboxylic acid groups (broad SMARTS) is 1. The van der Waals surface area contributed by atoms with Crippen LogP contribution in [0.5, 0.6) is 0 Å². The Kier molecular flexibility index (Phi) is 7.97. The van der Waals surface area contributed by atoms with Crippen molar-refractivity contribution in [3.05, 3.63) is 0 Å². The molecule has 0 aromatic heterocycles. The summed E-state index contributed by atoms with van der Waals surface area (Å²) < 4.78 is 31.7. The van der Waals surface area contributed by atoms with E-state index in [9.17, 15) is 18.0 Å². The van der Waals surface area contributed by atoms with Crippen molar-refractivity contribution >= 4 is 12.0 Å². The molecule has 0 aromatic rings. The van der Waals surface area contributed by atoms with Gasteiger partial charge in [0.2, 0.25) is 0 Å². The third-order valence-corrected chi connectivity index (χ3v) is 2.69. The lowest BCUT2D eigenvalue weighted by molar-refractivity contribution is -0.192. The Balaban J connectivity index is 0.000000441. The second-order valence-corrected chi connectivity index (χ2v) is 4.42. The highest BCUT2D eigenvalue weighted by molar-refractivity contribution is 5.74. The van der Waals surface area contributed by atoms with Gasteiger partial charge in [-0.25, -0.2) is 9.59 Å². The number of alkyl halides is 3. The number of aliphatic carboxylic acids is 1. The second kappa shape index (κ2) is 8.62. The van der Waals surface area contributed by atoms with E-state index in [2.05, 4.69) is 10.6 Å². The van der Waals surface area contributed by atoms with E-state index in [4.69, 9.17) is 15.6 Å². The van der Waals surface area contributed by atoms with Crippen molar-refractivity contribution in [2.75, 3.05) is 6.54 Å². The van der Waals surface area contributed by atoms with Crippen LogP contribution >= 0.6 is 0 Å². The molecule has 0 aliphatic heterocycles. The highest BCUT2D eigenvalue weighted by atomic mass is 19.4. The fourth-order valence-electron chi connectivity index (χ4n) is 1.66. The molecule has 2 amide bonds. The molecule has 1 saturated carbocycles. The number of rotatable bonds is 2. The number of carbonyl (C=O) groups excluding carboxylic acids is 1. The summed E-state index contributed by atoms with van der Waals surface area (Å²) in [6.07, 6.45) is -1.01. The van der Waals surface area contributed by atoms with E-state index in [-0.39, 0.29) is 6.03 Å². The van der Waals surface area contributed by atoms with Crippen LogP contribution in [-0.2, 0) is 4.79 Å². The van der Waals surface area contributed by atoms with Crippen LogP contribution in [0, 0.1) is 0 Å². The van der Waals surface area contributed by atoms with Crippen molar-refractivity contribution in [1.82, 2.24) is 10.6 Å². The summed E-state index contributed by atoms with van der Waals surface area (Å²) in [6, 6.07) is 0.613. The van der Waals surface area contributed by atoms with Crippen molar-refractivity contribution in [3.8, 4) is 0 Å².